The highest BCUT2D eigenvalue weighted by Crippen LogP contribution is 2.26. The zero-order valence-electron chi connectivity index (χ0n) is 14.2. The number of hydrogen-bond acceptors (Lipinski definition) is 3. The SMILES string of the molecule is CCc1ccc([C@H](NCC(=O)Nc2ccccc2)c2cccs2)cc1. The third-order valence-electron chi connectivity index (χ3n) is 4.07. The molecule has 4 heteroatoms. The molecule has 0 aliphatic heterocycles. The van der Waals surface area contributed by atoms with Crippen molar-refractivity contribution in [1.29, 1.82) is 0 Å². The van der Waals surface area contributed by atoms with Gasteiger partial charge in [-0.2, -0.15) is 0 Å². The Bertz CT molecular complexity index is 783. The van der Waals surface area contributed by atoms with E-state index in [4.69, 9.17) is 0 Å². The van der Waals surface area contributed by atoms with Gasteiger partial charge in [0, 0.05) is 10.6 Å². The van der Waals surface area contributed by atoms with Gasteiger partial charge in [-0.1, -0.05) is 55.5 Å². The summed E-state index contributed by atoms with van der Waals surface area (Å²) in [5, 5.41) is 8.37. The number of hydrogen-bond donors (Lipinski definition) is 2. The highest BCUT2D eigenvalue weighted by atomic mass is 32.1. The predicted molar refractivity (Wildman–Crippen MR) is 105 cm³/mol. The number of carbonyl (C=O) groups is 1. The van der Waals surface area contributed by atoms with E-state index in [1.165, 1.54) is 16.0 Å². The third-order valence-corrected chi connectivity index (χ3v) is 5.01. The molecule has 0 aliphatic carbocycles. The van der Waals surface area contributed by atoms with Crippen molar-refractivity contribution in [2.24, 2.45) is 0 Å². The van der Waals surface area contributed by atoms with Crippen molar-refractivity contribution in [3.63, 3.8) is 0 Å². The monoisotopic (exact) mass is 350 g/mol. The molecular formula is C21H22N2OS. The normalized spacial score (nSPS) is 11.9. The summed E-state index contributed by atoms with van der Waals surface area (Å²) in [6.45, 7) is 2.41. The molecular weight excluding hydrogens is 328 g/mol. The number of thiophene rings is 1. The summed E-state index contributed by atoms with van der Waals surface area (Å²) < 4.78 is 0. The summed E-state index contributed by atoms with van der Waals surface area (Å²) in [4.78, 5) is 13.5. The van der Waals surface area contributed by atoms with Crippen molar-refractivity contribution in [3.05, 3.63) is 88.1 Å². The Kier molecular flexibility index (Phi) is 5.99. The number of carbonyl (C=O) groups excluding carboxylic acids is 1. The molecule has 0 fully saturated rings. The van der Waals surface area contributed by atoms with Crippen LogP contribution in [0.2, 0.25) is 0 Å². The third kappa shape index (κ3) is 4.78. The van der Waals surface area contributed by atoms with E-state index < -0.39 is 0 Å². The van der Waals surface area contributed by atoms with Gasteiger partial charge in [0.05, 0.1) is 12.6 Å². The Morgan fingerprint density at radius 3 is 2.40 bits per heavy atom. The van der Waals surface area contributed by atoms with Gasteiger partial charge in [-0.05, 0) is 41.1 Å². The average molecular weight is 350 g/mol. The smallest absolute Gasteiger partial charge is 0.238 e. The minimum Gasteiger partial charge on any atom is -0.325 e. The predicted octanol–water partition coefficient (Wildman–Crippen LogP) is 4.63. The molecule has 3 aromatic rings. The Balaban J connectivity index is 1.69. The van der Waals surface area contributed by atoms with Crippen LogP contribution in [0.25, 0.3) is 0 Å². The Labute approximate surface area is 152 Å². The zero-order valence-corrected chi connectivity index (χ0v) is 15.1. The Morgan fingerprint density at radius 2 is 1.76 bits per heavy atom. The van der Waals surface area contributed by atoms with Crippen LogP contribution < -0.4 is 10.6 Å². The van der Waals surface area contributed by atoms with Gasteiger partial charge in [-0.25, -0.2) is 0 Å². The van der Waals surface area contributed by atoms with E-state index in [0.29, 0.717) is 0 Å². The number of anilines is 1. The quantitative estimate of drug-likeness (QED) is 0.652. The molecule has 25 heavy (non-hydrogen) atoms. The molecule has 0 radical (unpaired) electrons. The van der Waals surface area contributed by atoms with E-state index in [0.717, 1.165) is 12.1 Å². The van der Waals surface area contributed by atoms with Gasteiger partial charge in [0.2, 0.25) is 5.91 Å². The fourth-order valence-corrected chi connectivity index (χ4v) is 3.53. The molecule has 2 N–H and O–H groups in total. The molecule has 0 bridgehead atoms. The largest absolute Gasteiger partial charge is 0.325 e. The summed E-state index contributed by atoms with van der Waals surface area (Å²) in [6.07, 6.45) is 1.02. The summed E-state index contributed by atoms with van der Waals surface area (Å²) in [6, 6.07) is 22.3. The minimum absolute atomic E-state index is 0.0208. The maximum atomic E-state index is 12.2. The highest BCUT2D eigenvalue weighted by Gasteiger charge is 2.16. The van der Waals surface area contributed by atoms with Gasteiger partial charge < -0.3 is 5.32 Å². The first-order chi connectivity index (χ1) is 12.3. The second-order valence-corrected chi connectivity index (χ2v) is 6.82. The van der Waals surface area contributed by atoms with E-state index in [1.54, 1.807) is 11.3 Å². The van der Waals surface area contributed by atoms with Crippen molar-refractivity contribution >= 4 is 22.9 Å². The first-order valence-electron chi connectivity index (χ1n) is 8.47. The maximum Gasteiger partial charge on any atom is 0.238 e. The molecule has 2 aromatic carbocycles. The average Bonchev–Trinajstić information content (AvgIpc) is 3.18. The van der Waals surface area contributed by atoms with Crippen molar-refractivity contribution in [3.8, 4) is 0 Å². The van der Waals surface area contributed by atoms with Gasteiger partial charge in [-0.15, -0.1) is 11.3 Å². The lowest BCUT2D eigenvalue weighted by atomic mass is 10.0. The minimum atomic E-state index is -0.0436. The summed E-state index contributed by atoms with van der Waals surface area (Å²) in [5.74, 6) is -0.0436. The molecule has 1 aromatic heterocycles. The lowest BCUT2D eigenvalue weighted by molar-refractivity contribution is -0.115. The molecule has 128 valence electrons. The first kappa shape index (κ1) is 17.4. The fraction of sp³-hybridized carbons (Fsp3) is 0.190. The fourth-order valence-electron chi connectivity index (χ4n) is 2.71. The van der Waals surface area contributed by atoms with Crippen LogP contribution in [-0.4, -0.2) is 12.5 Å². The standard InChI is InChI=1S/C21H22N2OS/c1-2-16-10-12-17(13-11-16)21(19-9-6-14-25-19)22-15-20(24)23-18-7-4-3-5-8-18/h3-14,21-22H,2,15H2,1H3,(H,23,24)/t21-/m0/s1. The van der Waals surface area contributed by atoms with Crippen LogP contribution >= 0.6 is 11.3 Å². The number of aryl methyl sites for hydroxylation is 1. The second kappa shape index (κ2) is 8.60. The molecule has 0 saturated heterocycles. The van der Waals surface area contributed by atoms with Gasteiger partial charge in [0.1, 0.15) is 0 Å². The lowest BCUT2D eigenvalue weighted by Gasteiger charge is -2.18. The number of rotatable bonds is 7. The van der Waals surface area contributed by atoms with Crippen LogP contribution in [0.4, 0.5) is 5.69 Å². The van der Waals surface area contributed by atoms with Crippen LogP contribution in [0.5, 0.6) is 0 Å². The molecule has 1 amide bonds. The van der Waals surface area contributed by atoms with Crippen molar-refractivity contribution in [2.75, 3.05) is 11.9 Å². The van der Waals surface area contributed by atoms with E-state index in [9.17, 15) is 4.79 Å². The molecule has 1 heterocycles. The summed E-state index contributed by atoms with van der Waals surface area (Å²) >= 11 is 1.70. The molecule has 0 aliphatic rings. The van der Waals surface area contributed by atoms with E-state index >= 15 is 0 Å². The topological polar surface area (TPSA) is 41.1 Å². The first-order valence-corrected chi connectivity index (χ1v) is 9.34. The maximum absolute atomic E-state index is 12.2. The summed E-state index contributed by atoms with van der Waals surface area (Å²) in [7, 11) is 0. The molecule has 0 unspecified atom stereocenters. The number of para-hydroxylation sites is 1. The van der Waals surface area contributed by atoms with Crippen LogP contribution in [0.15, 0.2) is 72.1 Å². The van der Waals surface area contributed by atoms with E-state index in [1.807, 2.05) is 36.4 Å². The van der Waals surface area contributed by atoms with E-state index in [-0.39, 0.29) is 18.5 Å². The Morgan fingerprint density at radius 1 is 1.00 bits per heavy atom. The van der Waals surface area contributed by atoms with Crippen LogP contribution in [0.1, 0.15) is 29.0 Å². The van der Waals surface area contributed by atoms with Gasteiger partial charge in [0.25, 0.3) is 0 Å². The molecule has 0 spiro atoms. The van der Waals surface area contributed by atoms with Crippen molar-refractivity contribution in [2.45, 2.75) is 19.4 Å². The highest BCUT2D eigenvalue weighted by molar-refractivity contribution is 7.10. The second-order valence-electron chi connectivity index (χ2n) is 5.84. The van der Waals surface area contributed by atoms with Crippen LogP contribution in [-0.2, 0) is 11.2 Å². The van der Waals surface area contributed by atoms with Crippen LogP contribution in [0, 0.1) is 0 Å². The van der Waals surface area contributed by atoms with Crippen molar-refractivity contribution in [1.82, 2.24) is 5.32 Å². The Hall–Kier alpha value is -2.43. The number of nitrogens with one attached hydrogen (secondary N) is 2. The van der Waals surface area contributed by atoms with Gasteiger partial charge in [0.15, 0.2) is 0 Å². The summed E-state index contributed by atoms with van der Waals surface area (Å²) in [5.41, 5.74) is 3.30. The molecule has 0 saturated carbocycles. The molecule has 3 rings (SSSR count). The molecule has 1 atom stereocenters. The van der Waals surface area contributed by atoms with E-state index in [2.05, 4.69) is 53.3 Å². The molecule has 3 nitrogen and oxygen atoms in total. The number of benzene rings is 2. The van der Waals surface area contributed by atoms with Crippen LogP contribution in [0.3, 0.4) is 0 Å². The lowest BCUT2D eigenvalue weighted by Crippen LogP contribution is -2.31. The number of amides is 1. The zero-order chi connectivity index (χ0) is 17.5. The van der Waals surface area contributed by atoms with Gasteiger partial charge in [-0.3, -0.25) is 10.1 Å². The van der Waals surface area contributed by atoms with Gasteiger partial charge >= 0.3 is 0 Å². The van der Waals surface area contributed by atoms with Crippen molar-refractivity contribution < 1.29 is 4.79 Å².